The molecule has 0 radical (unpaired) electrons. The molecule has 0 saturated carbocycles. The summed E-state index contributed by atoms with van der Waals surface area (Å²) >= 11 is 6.16. The first kappa shape index (κ1) is 25.2. The van der Waals surface area contributed by atoms with E-state index in [1.54, 1.807) is 28.7 Å². The van der Waals surface area contributed by atoms with Crippen LogP contribution in [0.3, 0.4) is 0 Å². The van der Waals surface area contributed by atoms with Gasteiger partial charge in [0.1, 0.15) is 17.0 Å². The van der Waals surface area contributed by atoms with Crippen LogP contribution in [0.15, 0.2) is 53.6 Å². The zero-order chi connectivity index (χ0) is 25.8. The molecule has 1 aliphatic carbocycles. The molecule has 1 N–H and O–H groups in total. The number of imidazole rings is 1. The van der Waals surface area contributed by atoms with Gasteiger partial charge in [0.05, 0.1) is 19.1 Å². The summed E-state index contributed by atoms with van der Waals surface area (Å²) in [7, 11) is 5.12. The summed E-state index contributed by atoms with van der Waals surface area (Å²) in [5.74, 6) is 2.56. The highest BCUT2D eigenvalue weighted by molar-refractivity contribution is 8.76. The molecular formula is C28H29ClN3O2S2+. The van der Waals surface area contributed by atoms with Crippen LogP contribution in [-0.2, 0) is 21.4 Å². The van der Waals surface area contributed by atoms with Crippen LogP contribution in [-0.4, -0.2) is 22.9 Å². The van der Waals surface area contributed by atoms with Gasteiger partial charge in [-0.15, -0.1) is 0 Å². The molecule has 2 aromatic heterocycles. The fourth-order valence-corrected chi connectivity index (χ4v) is 7.62. The fraction of sp³-hybridized carbons (Fsp3) is 0.321. The monoisotopic (exact) mass is 538 g/mol. The van der Waals surface area contributed by atoms with E-state index in [4.69, 9.17) is 21.3 Å². The van der Waals surface area contributed by atoms with Crippen molar-refractivity contribution in [3.8, 4) is 11.7 Å². The first-order chi connectivity index (χ1) is 17.0. The molecule has 0 aliphatic heterocycles. The molecule has 2 aromatic carbocycles. The van der Waals surface area contributed by atoms with Crippen LogP contribution < -0.4 is 9.30 Å². The number of aromatic amines is 1. The van der Waals surface area contributed by atoms with E-state index >= 15 is 0 Å². The van der Waals surface area contributed by atoms with Crippen LogP contribution in [0, 0.1) is 6.92 Å². The fourth-order valence-electron chi connectivity index (χ4n) is 5.17. The molecule has 0 unspecified atom stereocenters. The zero-order valence-corrected chi connectivity index (χ0v) is 23.6. The molecule has 1 aliphatic rings. The number of benzene rings is 2. The Labute approximate surface area is 224 Å². The van der Waals surface area contributed by atoms with Crippen molar-refractivity contribution in [1.82, 2.24) is 9.97 Å². The number of hydrogen-bond acceptors (Lipinski definition) is 5. The normalized spacial score (nSPS) is 15.9. The molecule has 2 heterocycles. The van der Waals surface area contributed by atoms with Gasteiger partial charge in [-0.1, -0.05) is 44.2 Å². The van der Waals surface area contributed by atoms with Crippen LogP contribution in [0.5, 0.6) is 5.75 Å². The molecule has 4 aromatic rings. The molecule has 0 fully saturated rings. The number of Topliss-reactive ketones (excluding diaryl/α,β-unsaturated/α-hetero) is 1. The van der Waals surface area contributed by atoms with Gasteiger partial charge in [-0.3, -0.25) is 4.79 Å². The largest absolute Gasteiger partial charge is 0.496 e. The van der Waals surface area contributed by atoms with Crippen LogP contribution in [0.1, 0.15) is 50.1 Å². The van der Waals surface area contributed by atoms with E-state index in [2.05, 4.69) is 34.7 Å². The SMILES string of the molecule is COc1cc[n+](-c2nc3cc4c(cc3[nH]2)C(C)(C)C(=O)C4(C)C)c(CSSc2cccc(Cl)c2)c1C. The van der Waals surface area contributed by atoms with Gasteiger partial charge in [0, 0.05) is 32.4 Å². The average molecular weight is 539 g/mol. The second kappa shape index (κ2) is 9.12. The minimum Gasteiger partial charge on any atom is -0.496 e. The Bertz CT molecular complexity index is 1460. The maximum Gasteiger partial charge on any atom is 0.402 e. The van der Waals surface area contributed by atoms with Crippen molar-refractivity contribution >= 4 is 50.0 Å². The second-order valence-corrected chi connectivity index (χ2v) is 13.0. The van der Waals surface area contributed by atoms with Crippen molar-refractivity contribution in [2.24, 2.45) is 0 Å². The topological polar surface area (TPSA) is 58.9 Å². The Morgan fingerprint density at radius 3 is 2.50 bits per heavy atom. The van der Waals surface area contributed by atoms with Gasteiger partial charge < -0.3 is 4.74 Å². The molecule has 0 amide bonds. The van der Waals surface area contributed by atoms with E-state index < -0.39 is 10.8 Å². The first-order valence-electron chi connectivity index (χ1n) is 11.8. The lowest BCUT2D eigenvalue weighted by Gasteiger charge is -2.21. The van der Waals surface area contributed by atoms with E-state index in [1.807, 2.05) is 58.2 Å². The van der Waals surface area contributed by atoms with Crippen molar-refractivity contribution in [3.63, 3.8) is 0 Å². The minimum absolute atomic E-state index is 0.245. The van der Waals surface area contributed by atoms with E-state index in [9.17, 15) is 4.79 Å². The number of fused-ring (bicyclic) bond motifs is 2. The highest BCUT2D eigenvalue weighted by Crippen LogP contribution is 2.47. The predicted molar refractivity (Wildman–Crippen MR) is 149 cm³/mol. The number of aromatic nitrogens is 3. The smallest absolute Gasteiger partial charge is 0.402 e. The van der Waals surface area contributed by atoms with E-state index in [1.165, 1.54) is 0 Å². The molecule has 36 heavy (non-hydrogen) atoms. The summed E-state index contributed by atoms with van der Waals surface area (Å²) in [6.45, 7) is 10.1. The predicted octanol–water partition coefficient (Wildman–Crippen LogP) is 6.89. The average Bonchev–Trinajstić information content (AvgIpc) is 3.31. The summed E-state index contributed by atoms with van der Waals surface area (Å²) in [5.41, 5.74) is 5.02. The van der Waals surface area contributed by atoms with Crippen molar-refractivity contribution < 1.29 is 14.1 Å². The van der Waals surface area contributed by atoms with E-state index in [0.29, 0.717) is 0 Å². The molecular weight excluding hydrogens is 510 g/mol. The van der Waals surface area contributed by atoms with Crippen LogP contribution in [0.2, 0.25) is 5.02 Å². The van der Waals surface area contributed by atoms with Crippen LogP contribution in [0.25, 0.3) is 17.0 Å². The third-order valence-corrected chi connectivity index (χ3v) is 9.63. The Kier molecular flexibility index (Phi) is 6.38. The van der Waals surface area contributed by atoms with Gasteiger partial charge in [0.2, 0.25) is 0 Å². The molecule has 0 saturated heterocycles. The van der Waals surface area contributed by atoms with Gasteiger partial charge in [-0.2, -0.15) is 0 Å². The van der Waals surface area contributed by atoms with Crippen molar-refractivity contribution in [1.29, 1.82) is 0 Å². The van der Waals surface area contributed by atoms with Crippen molar-refractivity contribution in [3.05, 3.63) is 76.1 Å². The lowest BCUT2D eigenvalue weighted by Crippen LogP contribution is -2.37. The minimum atomic E-state index is -0.532. The third-order valence-electron chi connectivity index (χ3n) is 7.15. The van der Waals surface area contributed by atoms with Gasteiger partial charge >= 0.3 is 5.95 Å². The lowest BCUT2D eigenvalue weighted by molar-refractivity contribution is -0.610. The summed E-state index contributed by atoms with van der Waals surface area (Å²) in [5, 5.41) is 0.732. The number of pyridine rings is 1. The van der Waals surface area contributed by atoms with E-state index in [0.717, 1.165) is 60.8 Å². The molecule has 5 rings (SSSR count). The molecule has 0 spiro atoms. The number of nitrogens with one attached hydrogen (secondary N) is 1. The Balaban J connectivity index is 1.54. The number of halogens is 1. The van der Waals surface area contributed by atoms with Crippen molar-refractivity contribution in [2.75, 3.05) is 7.11 Å². The van der Waals surface area contributed by atoms with E-state index in [-0.39, 0.29) is 5.78 Å². The van der Waals surface area contributed by atoms with Gasteiger partial charge in [-0.25, -0.2) is 9.55 Å². The molecule has 0 bridgehead atoms. The molecule has 0 atom stereocenters. The van der Waals surface area contributed by atoms with Crippen LogP contribution in [0.4, 0.5) is 0 Å². The number of ether oxygens (including phenoxy) is 1. The number of carbonyl (C=O) groups is 1. The summed E-state index contributed by atoms with van der Waals surface area (Å²) in [4.78, 5) is 22.7. The number of H-pyrrole nitrogens is 1. The molecule has 186 valence electrons. The first-order valence-corrected chi connectivity index (χ1v) is 14.5. The maximum absolute atomic E-state index is 13.1. The standard InChI is InChI=1S/C28H29ClN3O2S2/c1-16-23(15-35-36-18-9-7-8-17(29)12-18)32(11-10-24(16)34-6)26-30-21-13-19-20(14-22(21)31-26)28(4,5)25(33)27(19,2)3/h7-14H,15H2,1-6H3,(H,30,31)/q+1. The number of ketones is 1. The van der Waals surface area contributed by atoms with Gasteiger partial charge in [0.15, 0.2) is 11.3 Å². The maximum atomic E-state index is 13.1. The quantitative estimate of drug-likeness (QED) is 0.214. The third kappa shape index (κ3) is 4.11. The van der Waals surface area contributed by atoms with Gasteiger partial charge in [-0.05, 0) is 76.1 Å². The highest BCUT2D eigenvalue weighted by Gasteiger charge is 2.50. The summed E-state index contributed by atoms with van der Waals surface area (Å²) in [6, 6.07) is 14.0. The zero-order valence-electron chi connectivity index (χ0n) is 21.2. The Hall–Kier alpha value is -2.48. The number of carbonyl (C=O) groups excluding carboxylic acids is 1. The summed E-state index contributed by atoms with van der Waals surface area (Å²) in [6.07, 6.45) is 1.99. The lowest BCUT2D eigenvalue weighted by atomic mass is 9.80. The Morgan fingerprint density at radius 2 is 1.81 bits per heavy atom. The van der Waals surface area contributed by atoms with Crippen molar-refractivity contribution in [2.45, 2.75) is 56.1 Å². The van der Waals surface area contributed by atoms with Crippen LogP contribution >= 0.6 is 33.2 Å². The highest BCUT2D eigenvalue weighted by atomic mass is 35.5. The Morgan fingerprint density at radius 1 is 1.08 bits per heavy atom. The molecule has 8 heteroatoms. The number of nitrogens with zero attached hydrogens (tertiary/aromatic N) is 2. The number of hydrogen-bond donors (Lipinski definition) is 1. The molecule has 5 nitrogen and oxygen atoms in total. The second-order valence-electron chi connectivity index (χ2n) is 10.2. The number of methoxy groups -OCH3 is 1. The summed E-state index contributed by atoms with van der Waals surface area (Å²) < 4.78 is 7.71. The number of rotatable bonds is 6. The van der Waals surface area contributed by atoms with Gasteiger partial charge in [0.25, 0.3) is 0 Å².